The number of tetrazole rings is 1. The van der Waals surface area contributed by atoms with E-state index in [9.17, 15) is 4.79 Å². The summed E-state index contributed by atoms with van der Waals surface area (Å²) in [5.74, 6) is 2.31. The highest BCUT2D eigenvalue weighted by Crippen LogP contribution is 2.21. The fraction of sp³-hybridized carbons (Fsp3) is 0.407. The van der Waals surface area contributed by atoms with Gasteiger partial charge in [-0.1, -0.05) is 12.1 Å². The molecule has 3 heterocycles. The molecule has 0 aliphatic carbocycles. The molecule has 0 bridgehead atoms. The minimum atomic E-state index is -0.105. The van der Waals surface area contributed by atoms with Gasteiger partial charge in [-0.15, -0.1) is 5.10 Å². The minimum Gasteiger partial charge on any atom is -0.497 e. The molecule has 1 N–H and O–H groups in total. The summed E-state index contributed by atoms with van der Waals surface area (Å²) < 4.78 is 18.6. The summed E-state index contributed by atoms with van der Waals surface area (Å²) in [6.07, 6.45) is 2.17. The third-order valence-electron chi connectivity index (χ3n) is 6.55. The van der Waals surface area contributed by atoms with E-state index < -0.39 is 0 Å². The van der Waals surface area contributed by atoms with Crippen molar-refractivity contribution in [2.45, 2.75) is 45.5 Å². The van der Waals surface area contributed by atoms with Crippen molar-refractivity contribution in [3.63, 3.8) is 0 Å². The molecule has 0 amide bonds. The lowest BCUT2D eigenvalue weighted by molar-refractivity contribution is 0.0663. The summed E-state index contributed by atoms with van der Waals surface area (Å²) in [4.78, 5) is 18.2. The molecular formula is C27H32N6O4. The Hall–Kier alpha value is -3.76. The third kappa shape index (κ3) is 6.15. The summed E-state index contributed by atoms with van der Waals surface area (Å²) >= 11 is 0. The number of hydrogen-bond donors (Lipinski definition) is 1. The number of H-pyrrole nitrogens is 1. The van der Waals surface area contributed by atoms with E-state index in [2.05, 4.69) is 25.4 Å². The van der Waals surface area contributed by atoms with Crippen LogP contribution in [0.4, 0.5) is 0 Å². The van der Waals surface area contributed by atoms with Crippen LogP contribution in [0.2, 0.25) is 0 Å². The van der Waals surface area contributed by atoms with Crippen LogP contribution < -0.4 is 15.0 Å². The molecule has 0 saturated carbocycles. The molecule has 1 unspecified atom stereocenters. The first-order chi connectivity index (χ1) is 18.1. The maximum Gasteiger partial charge on any atom is 0.252 e. The van der Waals surface area contributed by atoms with E-state index in [1.807, 2.05) is 55.5 Å². The Balaban J connectivity index is 1.38. The molecule has 1 atom stereocenters. The Morgan fingerprint density at radius 3 is 2.73 bits per heavy atom. The number of methoxy groups -OCH3 is 1. The first-order valence-corrected chi connectivity index (χ1v) is 12.6. The van der Waals surface area contributed by atoms with Crippen molar-refractivity contribution in [1.29, 1.82) is 0 Å². The predicted octanol–water partition coefficient (Wildman–Crippen LogP) is 3.15. The number of fused-ring (bicyclic) bond motifs is 1. The first kappa shape index (κ1) is 24.9. The van der Waals surface area contributed by atoms with Crippen LogP contribution in [-0.2, 0) is 24.4 Å². The number of nitrogens with one attached hydrogen (secondary N) is 1. The van der Waals surface area contributed by atoms with Crippen LogP contribution in [0.3, 0.4) is 0 Å². The molecule has 10 nitrogen and oxygen atoms in total. The summed E-state index contributed by atoms with van der Waals surface area (Å²) in [6, 6.07) is 15.5. The zero-order chi connectivity index (χ0) is 25.6. The average Bonchev–Trinajstić information content (AvgIpc) is 3.57. The van der Waals surface area contributed by atoms with Gasteiger partial charge < -0.3 is 19.2 Å². The van der Waals surface area contributed by atoms with E-state index >= 15 is 0 Å². The van der Waals surface area contributed by atoms with Crippen LogP contribution >= 0.6 is 0 Å². The molecule has 2 aromatic heterocycles. The first-order valence-electron chi connectivity index (χ1n) is 12.6. The monoisotopic (exact) mass is 504 g/mol. The quantitative estimate of drug-likeness (QED) is 0.332. The van der Waals surface area contributed by atoms with Crippen LogP contribution in [0.15, 0.2) is 53.3 Å². The van der Waals surface area contributed by atoms with Gasteiger partial charge in [0.1, 0.15) is 11.5 Å². The number of hydrogen-bond acceptors (Lipinski definition) is 8. The zero-order valence-corrected chi connectivity index (χ0v) is 21.2. The van der Waals surface area contributed by atoms with Gasteiger partial charge in [-0.05, 0) is 72.2 Å². The molecule has 194 valence electrons. The van der Waals surface area contributed by atoms with Gasteiger partial charge in [0.2, 0.25) is 0 Å². The predicted molar refractivity (Wildman–Crippen MR) is 139 cm³/mol. The van der Waals surface area contributed by atoms with Crippen LogP contribution in [0.25, 0.3) is 10.9 Å². The Kier molecular flexibility index (Phi) is 7.76. The fourth-order valence-corrected chi connectivity index (χ4v) is 4.67. The van der Waals surface area contributed by atoms with Crippen molar-refractivity contribution in [2.24, 2.45) is 0 Å². The number of pyridine rings is 1. The minimum absolute atomic E-state index is 0.105. The molecule has 37 heavy (non-hydrogen) atoms. The van der Waals surface area contributed by atoms with E-state index in [1.54, 1.807) is 11.8 Å². The van der Waals surface area contributed by atoms with E-state index in [1.165, 1.54) is 0 Å². The Morgan fingerprint density at radius 1 is 1.14 bits per heavy atom. The number of ether oxygens (including phenoxy) is 3. The average molecular weight is 505 g/mol. The summed E-state index contributed by atoms with van der Waals surface area (Å²) in [6.45, 7) is 5.46. The molecule has 5 rings (SSSR count). The Morgan fingerprint density at radius 2 is 1.97 bits per heavy atom. The number of benzene rings is 2. The Labute approximate surface area is 215 Å². The molecule has 1 saturated heterocycles. The molecule has 0 spiro atoms. The number of aromatic amines is 1. The second-order valence-corrected chi connectivity index (χ2v) is 9.21. The molecule has 4 aromatic rings. The number of aromatic nitrogens is 5. The van der Waals surface area contributed by atoms with Gasteiger partial charge in [0, 0.05) is 36.2 Å². The van der Waals surface area contributed by atoms with Crippen molar-refractivity contribution >= 4 is 10.9 Å². The molecular weight excluding hydrogens is 472 g/mol. The molecule has 1 aliphatic rings. The van der Waals surface area contributed by atoms with Crippen molar-refractivity contribution in [1.82, 2.24) is 30.1 Å². The zero-order valence-electron chi connectivity index (χ0n) is 21.2. The van der Waals surface area contributed by atoms with Gasteiger partial charge in [-0.3, -0.25) is 9.69 Å². The SMILES string of the molecule is CCOc1ccc2[nH]c(=O)c(CN(Cc3nnnn3Cc3ccc(OC)cc3)CC3CCCO3)cc2c1. The van der Waals surface area contributed by atoms with E-state index in [0.29, 0.717) is 38.3 Å². The largest absolute Gasteiger partial charge is 0.497 e. The van der Waals surface area contributed by atoms with Gasteiger partial charge in [-0.2, -0.15) is 0 Å². The Bertz CT molecular complexity index is 1380. The molecule has 10 heteroatoms. The fourth-order valence-electron chi connectivity index (χ4n) is 4.67. The lowest BCUT2D eigenvalue weighted by Gasteiger charge is -2.24. The second kappa shape index (κ2) is 11.5. The maximum atomic E-state index is 13.0. The van der Waals surface area contributed by atoms with Gasteiger partial charge in [-0.25, -0.2) is 4.68 Å². The third-order valence-corrected chi connectivity index (χ3v) is 6.55. The maximum absolute atomic E-state index is 13.0. The summed E-state index contributed by atoms with van der Waals surface area (Å²) in [5.41, 5.74) is 2.42. The smallest absolute Gasteiger partial charge is 0.252 e. The van der Waals surface area contributed by atoms with Crippen LogP contribution in [0.1, 0.15) is 36.7 Å². The molecule has 2 aromatic carbocycles. The van der Waals surface area contributed by atoms with Crippen molar-refractivity contribution in [3.05, 3.63) is 75.8 Å². The van der Waals surface area contributed by atoms with E-state index in [-0.39, 0.29) is 11.7 Å². The topological polar surface area (TPSA) is 107 Å². The highest BCUT2D eigenvalue weighted by Gasteiger charge is 2.22. The van der Waals surface area contributed by atoms with Crippen molar-refractivity contribution < 1.29 is 14.2 Å². The van der Waals surface area contributed by atoms with Crippen molar-refractivity contribution in [3.8, 4) is 11.5 Å². The highest BCUT2D eigenvalue weighted by molar-refractivity contribution is 5.80. The van der Waals surface area contributed by atoms with Gasteiger partial charge in [0.25, 0.3) is 5.56 Å². The lowest BCUT2D eigenvalue weighted by Crippen LogP contribution is -2.34. The van der Waals surface area contributed by atoms with Crippen LogP contribution in [-0.4, -0.2) is 63.1 Å². The number of nitrogens with zero attached hydrogens (tertiary/aromatic N) is 5. The van der Waals surface area contributed by atoms with Gasteiger partial charge in [0.05, 0.1) is 32.9 Å². The van der Waals surface area contributed by atoms with Crippen LogP contribution in [0, 0.1) is 0 Å². The van der Waals surface area contributed by atoms with E-state index in [4.69, 9.17) is 14.2 Å². The highest BCUT2D eigenvalue weighted by atomic mass is 16.5. The lowest BCUT2D eigenvalue weighted by atomic mass is 10.1. The molecule has 0 radical (unpaired) electrons. The summed E-state index contributed by atoms with van der Waals surface area (Å²) in [7, 11) is 1.65. The second-order valence-electron chi connectivity index (χ2n) is 9.21. The van der Waals surface area contributed by atoms with Crippen LogP contribution in [0.5, 0.6) is 11.5 Å². The molecule has 1 fully saturated rings. The standard InChI is InChI=1S/C27H32N6O4/c1-3-36-23-10-11-25-20(14-23)13-21(27(34)28-25)16-32(17-24-5-4-12-37-24)18-26-29-30-31-33(26)15-19-6-8-22(35-2)9-7-19/h6-11,13-14,24H,3-5,12,15-18H2,1-2H3,(H,28,34). The van der Waals surface area contributed by atoms with Crippen molar-refractivity contribution in [2.75, 3.05) is 26.9 Å². The van der Waals surface area contributed by atoms with E-state index in [0.717, 1.165) is 53.2 Å². The van der Waals surface area contributed by atoms with Gasteiger partial charge >= 0.3 is 0 Å². The summed E-state index contributed by atoms with van der Waals surface area (Å²) in [5, 5.41) is 13.4. The molecule has 1 aliphatic heterocycles. The number of rotatable bonds is 11. The van der Waals surface area contributed by atoms with Gasteiger partial charge in [0.15, 0.2) is 5.82 Å². The normalized spacial score (nSPS) is 15.5.